The first-order chi connectivity index (χ1) is 22.1. The number of carbonyl (C=O) groups excluding carboxylic acids is 5. The number of nitrogens with one attached hydrogen (secondary N) is 2. The van der Waals surface area contributed by atoms with Gasteiger partial charge in [0.1, 0.15) is 12.2 Å². The summed E-state index contributed by atoms with van der Waals surface area (Å²) in [7, 11) is 6.66. The van der Waals surface area contributed by atoms with Gasteiger partial charge in [0, 0.05) is 50.4 Å². The van der Waals surface area contributed by atoms with Gasteiger partial charge in [-0.15, -0.1) is 0 Å². The van der Waals surface area contributed by atoms with E-state index < -0.39 is 60.0 Å². The Kier molecular flexibility index (Phi) is 15.0. The Balaban J connectivity index is 2.70. The van der Waals surface area contributed by atoms with Crippen molar-refractivity contribution in [1.82, 2.24) is 15.5 Å². The van der Waals surface area contributed by atoms with E-state index in [1.54, 1.807) is 32.9 Å². The molecule has 0 fully saturated rings. The van der Waals surface area contributed by atoms with Gasteiger partial charge in [-0.05, 0) is 52.3 Å². The van der Waals surface area contributed by atoms with Gasteiger partial charge in [0.25, 0.3) is 5.91 Å². The monoisotopic (exact) mass is 659 g/mol. The molecule has 47 heavy (non-hydrogen) atoms. The maximum absolute atomic E-state index is 13.8. The molecule has 6 N–H and O–H groups in total. The summed E-state index contributed by atoms with van der Waals surface area (Å²) in [6.07, 6.45) is 2.45. The van der Waals surface area contributed by atoms with Crippen molar-refractivity contribution in [2.24, 2.45) is 23.3 Å². The first-order valence-electron chi connectivity index (χ1n) is 15.3. The van der Waals surface area contributed by atoms with Crippen LogP contribution in [-0.2, 0) is 33.3 Å². The summed E-state index contributed by atoms with van der Waals surface area (Å²) in [4.78, 5) is 66.1. The SMILES string of the molecule is COC1/C=C\C=C(\C)C(=O)NC2=CC(=O)C(NCCN(C)C)=C(CC(C)CC(OC)C(OC(N)=O)C(C)/C=C(/C)C1OC(N)=O)C2=O. The van der Waals surface area contributed by atoms with Crippen molar-refractivity contribution in [3.63, 3.8) is 0 Å². The highest BCUT2D eigenvalue weighted by atomic mass is 16.6. The lowest BCUT2D eigenvalue weighted by molar-refractivity contribution is -0.120. The number of fused-ring (bicyclic) bond motifs is 2. The minimum absolute atomic E-state index is 0.147. The Hall–Kier alpha value is -4.27. The Morgan fingerprint density at radius 3 is 2.28 bits per heavy atom. The minimum Gasteiger partial charge on any atom is -0.443 e. The molecule has 0 saturated carbocycles. The lowest BCUT2D eigenvalue weighted by Crippen LogP contribution is -2.41. The molecule has 2 rings (SSSR count). The van der Waals surface area contributed by atoms with Crippen LogP contribution in [0.5, 0.6) is 0 Å². The highest BCUT2D eigenvalue weighted by molar-refractivity contribution is 6.23. The molecule has 0 aromatic heterocycles. The number of amides is 3. The molecule has 0 saturated heterocycles. The van der Waals surface area contributed by atoms with Gasteiger partial charge in [-0.3, -0.25) is 14.4 Å². The Labute approximate surface area is 276 Å². The Morgan fingerprint density at radius 1 is 1.04 bits per heavy atom. The third-order valence-electron chi connectivity index (χ3n) is 7.87. The standard InChI is InChI=1S/C33H49N5O9/c1-18-14-22-27(36-12-13-38(5)6)24(39)17-23(28(22)40)37-31(41)19(2)10-9-11-25(44-7)29(46-32(34)42)20(3)16-21(4)30(47-33(35)43)26(15-18)45-8/h9-11,16-18,21,25-26,29-30,36H,12-15H2,1-8H3,(H2,34,42)(H2,35,43)(H,37,41)/b11-9-,19-10-,20-16-. The molecule has 6 unspecified atom stereocenters. The second kappa shape index (κ2) is 18.2. The number of primary amides is 2. The summed E-state index contributed by atoms with van der Waals surface area (Å²) in [5.74, 6) is -2.31. The van der Waals surface area contributed by atoms with E-state index in [2.05, 4.69) is 10.6 Å². The number of nitrogens with two attached hydrogens (primary N) is 2. The number of ketones is 2. The fourth-order valence-corrected chi connectivity index (χ4v) is 5.49. The predicted octanol–water partition coefficient (Wildman–Crippen LogP) is 2.02. The Morgan fingerprint density at radius 2 is 1.70 bits per heavy atom. The van der Waals surface area contributed by atoms with E-state index in [0.29, 0.717) is 25.1 Å². The molecule has 0 radical (unpaired) electrons. The zero-order valence-corrected chi connectivity index (χ0v) is 28.5. The predicted molar refractivity (Wildman–Crippen MR) is 175 cm³/mol. The maximum atomic E-state index is 13.8. The molecule has 2 bridgehead atoms. The van der Waals surface area contributed by atoms with Gasteiger partial charge in [-0.2, -0.15) is 0 Å². The van der Waals surface area contributed by atoms with Crippen molar-refractivity contribution < 1.29 is 42.9 Å². The summed E-state index contributed by atoms with van der Waals surface area (Å²) in [6.45, 7) is 7.93. The van der Waals surface area contributed by atoms with Crippen LogP contribution in [0, 0.1) is 11.8 Å². The summed E-state index contributed by atoms with van der Waals surface area (Å²) in [6, 6.07) is 0. The van der Waals surface area contributed by atoms with Crippen LogP contribution in [0.4, 0.5) is 9.59 Å². The number of likely N-dealkylation sites (N-methyl/N-ethyl adjacent to an activating group) is 1. The molecule has 1 aliphatic heterocycles. The Bertz CT molecular complexity index is 1350. The molecule has 260 valence electrons. The first-order valence-corrected chi connectivity index (χ1v) is 15.3. The van der Waals surface area contributed by atoms with Gasteiger partial charge >= 0.3 is 12.2 Å². The molecular formula is C33H49N5O9. The number of ether oxygens (including phenoxy) is 4. The van der Waals surface area contributed by atoms with Crippen LogP contribution in [0.2, 0.25) is 0 Å². The van der Waals surface area contributed by atoms with E-state index in [9.17, 15) is 24.0 Å². The zero-order valence-electron chi connectivity index (χ0n) is 28.5. The van der Waals surface area contributed by atoms with Crippen LogP contribution in [0.1, 0.15) is 40.5 Å². The lowest BCUT2D eigenvalue weighted by atomic mass is 9.85. The number of allylic oxidation sites excluding steroid dienone is 4. The van der Waals surface area contributed by atoms with Crippen molar-refractivity contribution in [2.45, 2.75) is 65.0 Å². The third kappa shape index (κ3) is 11.5. The number of nitrogens with zero attached hydrogens (tertiary/aromatic N) is 1. The fourth-order valence-electron chi connectivity index (χ4n) is 5.49. The van der Waals surface area contributed by atoms with E-state index in [-0.39, 0.29) is 34.9 Å². The molecule has 1 heterocycles. The van der Waals surface area contributed by atoms with Gasteiger partial charge < -0.3 is 45.9 Å². The van der Waals surface area contributed by atoms with Crippen molar-refractivity contribution in [2.75, 3.05) is 41.4 Å². The topological polar surface area (TPSA) is 202 Å². The third-order valence-corrected chi connectivity index (χ3v) is 7.87. The van der Waals surface area contributed by atoms with Crippen LogP contribution in [0.15, 0.2) is 58.5 Å². The summed E-state index contributed by atoms with van der Waals surface area (Å²) >= 11 is 0. The van der Waals surface area contributed by atoms with Crippen molar-refractivity contribution >= 4 is 29.7 Å². The highest BCUT2D eigenvalue weighted by Crippen LogP contribution is 2.30. The van der Waals surface area contributed by atoms with Crippen LogP contribution in [0.3, 0.4) is 0 Å². The van der Waals surface area contributed by atoms with Crippen LogP contribution in [0.25, 0.3) is 0 Å². The number of rotatable bonds is 8. The second-order valence-corrected chi connectivity index (χ2v) is 12.1. The molecule has 0 aromatic rings. The van der Waals surface area contributed by atoms with Gasteiger partial charge in [0.05, 0.1) is 17.5 Å². The number of Topliss-reactive ketones (excluding diaryl/α,β-unsaturated/α-hetero) is 1. The van der Waals surface area contributed by atoms with E-state index in [1.165, 1.54) is 26.4 Å². The van der Waals surface area contributed by atoms with Crippen LogP contribution in [-0.4, -0.2) is 100 Å². The molecule has 14 heteroatoms. The quantitative estimate of drug-likeness (QED) is 0.219. The van der Waals surface area contributed by atoms with Crippen molar-refractivity contribution in [3.05, 3.63) is 58.5 Å². The van der Waals surface area contributed by atoms with Crippen molar-refractivity contribution in [1.29, 1.82) is 0 Å². The number of hydrogen-bond acceptors (Lipinski definition) is 11. The number of carbonyl (C=O) groups is 5. The smallest absolute Gasteiger partial charge is 0.405 e. The zero-order chi connectivity index (χ0) is 35.4. The van der Waals surface area contributed by atoms with E-state index in [1.807, 2.05) is 25.9 Å². The van der Waals surface area contributed by atoms with Crippen LogP contribution < -0.4 is 22.1 Å². The molecule has 2 aliphatic rings. The molecule has 0 aromatic carbocycles. The minimum atomic E-state index is -1.03. The molecule has 0 spiro atoms. The second-order valence-electron chi connectivity index (χ2n) is 12.1. The molecule has 1 aliphatic carbocycles. The normalized spacial score (nSPS) is 29.6. The van der Waals surface area contributed by atoms with E-state index in [0.717, 1.165) is 6.08 Å². The summed E-state index contributed by atoms with van der Waals surface area (Å²) in [5.41, 5.74) is 11.9. The molecule has 3 amide bonds. The lowest BCUT2D eigenvalue weighted by Gasteiger charge is -2.32. The maximum Gasteiger partial charge on any atom is 0.405 e. The van der Waals surface area contributed by atoms with Gasteiger partial charge in [0.15, 0.2) is 6.10 Å². The first kappa shape index (κ1) is 38.9. The number of methoxy groups -OCH3 is 2. The molecule has 6 atom stereocenters. The average molecular weight is 660 g/mol. The van der Waals surface area contributed by atoms with Gasteiger partial charge in [-0.1, -0.05) is 38.2 Å². The van der Waals surface area contributed by atoms with Gasteiger partial charge in [0.2, 0.25) is 11.6 Å². The number of hydrogen-bond donors (Lipinski definition) is 4. The average Bonchev–Trinajstić information content (AvgIpc) is 2.98. The van der Waals surface area contributed by atoms with Gasteiger partial charge in [-0.25, -0.2) is 9.59 Å². The summed E-state index contributed by atoms with van der Waals surface area (Å²) < 4.78 is 22.3. The largest absolute Gasteiger partial charge is 0.443 e. The van der Waals surface area contributed by atoms with Crippen molar-refractivity contribution in [3.8, 4) is 0 Å². The highest BCUT2D eigenvalue weighted by Gasteiger charge is 2.35. The molecular weight excluding hydrogens is 610 g/mol. The summed E-state index contributed by atoms with van der Waals surface area (Å²) in [5, 5.41) is 5.69. The van der Waals surface area contributed by atoms with E-state index >= 15 is 0 Å². The van der Waals surface area contributed by atoms with E-state index in [4.69, 9.17) is 30.4 Å². The van der Waals surface area contributed by atoms with Crippen LogP contribution >= 0.6 is 0 Å². The molecule has 14 nitrogen and oxygen atoms in total. The fraction of sp³-hybridized carbons (Fsp3) is 0.545.